The van der Waals surface area contributed by atoms with Crippen LogP contribution < -0.4 is 11.1 Å². The largest absolute Gasteiger partial charge is 0.448 e. The van der Waals surface area contributed by atoms with Crippen LogP contribution in [0.2, 0.25) is 5.02 Å². The number of nitrogens with zero attached hydrogens (tertiary/aromatic N) is 1. The highest BCUT2D eigenvalue weighted by Gasteiger charge is 2.22. The number of nitrogens with two attached hydrogens (primary N) is 1. The van der Waals surface area contributed by atoms with E-state index in [0.29, 0.717) is 11.0 Å². The average molecular weight is 327 g/mol. The summed E-state index contributed by atoms with van der Waals surface area (Å²) in [6.45, 7) is 3.25. The van der Waals surface area contributed by atoms with E-state index in [1.54, 1.807) is 32.0 Å². The summed E-state index contributed by atoms with van der Waals surface area (Å²) < 4.78 is 29.7. The first-order valence-corrected chi connectivity index (χ1v) is 8.16. The standard InChI is InChI=1S/C14H15ClN2O3S/c1-9(2)21(18,19)13-6-4-3-5-11(13)17-12-7-14(16)20-8-10(12)15/h3-9H,16H2,1-2H3. The number of rotatable bonds is 3. The van der Waals surface area contributed by atoms with Crippen molar-refractivity contribution in [2.75, 3.05) is 5.73 Å². The van der Waals surface area contributed by atoms with E-state index in [1.807, 2.05) is 0 Å². The van der Waals surface area contributed by atoms with Crippen LogP contribution in [0.25, 0.3) is 0 Å². The molecule has 2 aromatic rings. The van der Waals surface area contributed by atoms with Crippen LogP contribution in [0, 0.1) is 0 Å². The number of anilines is 1. The van der Waals surface area contributed by atoms with E-state index < -0.39 is 15.1 Å². The number of hydrogen-bond donors (Lipinski definition) is 1. The van der Waals surface area contributed by atoms with Crippen LogP contribution in [-0.4, -0.2) is 13.7 Å². The molecule has 21 heavy (non-hydrogen) atoms. The fourth-order valence-corrected chi connectivity index (χ4v) is 3.00. The second kappa shape index (κ2) is 5.91. The molecule has 5 nitrogen and oxygen atoms in total. The van der Waals surface area contributed by atoms with Gasteiger partial charge in [0.2, 0.25) is 0 Å². The Balaban J connectivity index is 2.70. The molecule has 0 aliphatic carbocycles. The van der Waals surface area contributed by atoms with Crippen LogP contribution in [0.15, 0.2) is 50.9 Å². The Labute approximate surface area is 128 Å². The Morgan fingerprint density at radius 2 is 1.95 bits per heavy atom. The molecule has 0 fully saturated rings. The number of halogens is 1. The molecule has 1 aromatic heterocycles. The molecule has 0 unspecified atom stereocenters. The molecule has 0 amide bonds. The second-order valence-corrected chi connectivity index (χ2v) is 7.57. The number of para-hydroxylation sites is 1. The summed E-state index contributed by atoms with van der Waals surface area (Å²) in [6.07, 6.45) is 1.26. The van der Waals surface area contributed by atoms with Crippen LogP contribution >= 0.6 is 11.6 Å². The van der Waals surface area contributed by atoms with E-state index >= 15 is 0 Å². The van der Waals surface area contributed by atoms with Crippen molar-refractivity contribution in [3.05, 3.63) is 47.0 Å². The minimum Gasteiger partial charge on any atom is -0.448 e. The fraction of sp³-hybridized carbons (Fsp3) is 0.214. The third-order valence-electron chi connectivity index (χ3n) is 2.86. The molecule has 2 rings (SSSR count). The highest BCUT2D eigenvalue weighted by atomic mass is 35.5. The molecule has 0 aliphatic heterocycles. The molecule has 0 spiro atoms. The van der Waals surface area contributed by atoms with Gasteiger partial charge in [0.25, 0.3) is 0 Å². The lowest BCUT2D eigenvalue weighted by molar-refractivity contribution is 0.569. The predicted octanol–water partition coefficient (Wildman–Crippen LogP) is 2.93. The first-order chi connectivity index (χ1) is 9.82. The molecule has 7 heteroatoms. The van der Waals surface area contributed by atoms with E-state index in [1.165, 1.54) is 18.4 Å². The van der Waals surface area contributed by atoms with Crippen molar-refractivity contribution >= 4 is 33.0 Å². The maximum Gasteiger partial charge on any atom is 0.192 e. The molecule has 1 heterocycles. The van der Waals surface area contributed by atoms with Crippen molar-refractivity contribution < 1.29 is 12.8 Å². The Morgan fingerprint density at radius 3 is 2.62 bits per heavy atom. The molecule has 0 bridgehead atoms. The lowest BCUT2D eigenvalue weighted by Crippen LogP contribution is -2.14. The van der Waals surface area contributed by atoms with Gasteiger partial charge < -0.3 is 10.2 Å². The zero-order chi connectivity index (χ0) is 15.6. The maximum absolute atomic E-state index is 12.4. The molecule has 1 aromatic carbocycles. The normalized spacial score (nSPS) is 12.9. The zero-order valence-corrected chi connectivity index (χ0v) is 13.1. The third kappa shape index (κ3) is 3.28. The van der Waals surface area contributed by atoms with Crippen LogP contribution in [0.1, 0.15) is 13.8 Å². The van der Waals surface area contributed by atoms with E-state index in [4.69, 9.17) is 21.8 Å². The maximum atomic E-state index is 12.4. The number of nitrogen functional groups attached to an aromatic ring is 1. The minimum absolute atomic E-state index is 0.141. The van der Waals surface area contributed by atoms with E-state index in [9.17, 15) is 8.42 Å². The summed E-state index contributed by atoms with van der Waals surface area (Å²) in [5, 5.41) is 0.0629. The monoisotopic (exact) mass is 326 g/mol. The summed E-state index contributed by atoms with van der Waals surface area (Å²) in [5.74, 6) is 0.141. The number of hydrogen-bond acceptors (Lipinski definition) is 5. The Hall–Kier alpha value is -1.79. The third-order valence-corrected chi connectivity index (χ3v) is 5.34. The SMILES string of the molecule is CC(C)S(=O)(=O)c1ccccc1N=c1cc(N)occ1Cl. The summed E-state index contributed by atoms with van der Waals surface area (Å²) in [5.41, 5.74) is 5.87. The van der Waals surface area contributed by atoms with Gasteiger partial charge in [-0.1, -0.05) is 23.7 Å². The fourth-order valence-electron chi connectivity index (χ4n) is 1.68. The van der Waals surface area contributed by atoms with Gasteiger partial charge >= 0.3 is 0 Å². The van der Waals surface area contributed by atoms with Gasteiger partial charge in [-0.15, -0.1) is 0 Å². The summed E-state index contributed by atoms with van der Waals surface area (Å²) >= 11 is 5.98. The molecular formula is C14H15ClN2O3S. The molecule has 0 aliphatic rings. The first kappa shape index (κ1) is 15.6. The molecule has 0 saturated carbocycles. The van der Waals surface area contributed by atoms with Gasteiger partial charge in [-0.25, -0.2) is 13.4 Å². The van der Waals surface area contributed by atoms with Crippen LogP contribution in [0.4, 0.5) is 11.6 Å². The minimum atomic E-state index is -3.44. The number of sulfone groups is 1. The summed E-state index contributed by atoms with van der Waals surface area (Å²) in [7, 11) is -3.44. The van der Waals surface area contributed by atoms with Gasteiger partial charge in [0.1, 0.15) is 11.3 Å². The highest BCUT2D eigenvalue weighted by molar-refractivity contribution is 7.92. The first-order valence-electron chi connectivity index (χ1n) is 6.24. The van der Waals surface area contributed by atoms with Gasteiger partial charge in [-0.05, 0) is 26.0 Å². The van der Waals surface area contributed by atoms with Gasteiger partial charge in [0, 0.05) is 6.07 Å². The molecule has 0 radical (unpaired) electrons. The van der Waals surface area contributed by atoms with Crippen molar-refractivity contribution in [2.45, 2.75) is 24.0 Å². The topological polar surface area (TPSA) is 85.7 Å². The van der Waals surface area contributed by atoms with Crippen molar-refractivity contribution in [1.29, 1.82) is 0 Å². The van der Waals surface area contributed by atoms with Crippen molar-refractivity contribution in [1.82, 2.24) is 0 Å². The predicted molar refractivity (Wildman–Crippen MR) is 82.1 cm³/mol. The highest BCUT2D eigenvalue weighted by Crippen LogP contribution is 2.27. The van der Waals surface area contributed by atoms with E-state index in [-0.39, 0.29) is 15.8 Å². The molecule has 0 atom stereocenters. The van der Waals surface area contributed by atoms with Crippen molar-refractivity contribution in [2.24, 2.45) is 4.99 Å². The average Bonchev–Trinajstić information content (AvgIpc) is 2.43. The smallest absolute Gasteiger partial charge is 0.192 e. The van der Waals surface area contributed by atoms with Gasteiger partial charge in [0.05, 0.1) is 21.2 Å². The molecule has 2 N–H and O–H groups in total. The summed E-state index contributed by atoms with van der Waals surface area (Å²) in [4.78, 5) is 4.46. The van der Waals surface area contributed by atoms with E-state index in [2.05, 4.69) is 4.99 Å². The van der Waals surface area contributed by atoms with Crippen molar-refractivity contribution in [3.63, 3.8) is 0 Å². The van der Waals surface area contributed by atoms with Crippen molar-refractivity contribution in [3.8, 4) is 0 Å². The molecule has 0 saturated heterocycles. The lowest BCUT2D eigenvalue weighted by atomic mass is 10.3. The quantitative estimate of drug-likeness (QED) is 0.939. The van der Waals surface area contributed by atoms with Gasteiger partial charge in [-0.2, -0.15) is 0 Å². The Morgan fingerprint density at radius 1 is 1.29 bits per heavy atom. The number of benzene rings is 1. The lowest BCUT2D eigenvalue weighted by Gasteiger charge is -2.10. The molecule has 112 valence electrons. The van der Waals surface area contributed by atoms with E-state index in [0.717, 1.165) is 0 Å². The van der Waals surface area contributed by atoms with Crippen LogP contribution in [-0.2, 0) is 9.84 Å². The van der Waals surface area contributed by atoms with Gasteiger partial charge in [-0.3, -0.25) is 0 Å². The molecular weight excluding hydrogens is 312 g/mol. The van der Waals surface area contributed by atoms with Crippen LogP contribution in [0.5, 0.6) is 0 Å². The second-order valence-electron chi connectivity index (χ2n) is 4.69. The zero-order valence-electron chi connectivity index (χ0n) is 11.6. The Kier molecular flexibility index (Phi) is 4.39. The van der Waals surface area contributed by atoms with Crippen LogP contribution in [0.3, 0.4) is 0 Å². The Bertz CT molecular complexity index is 826. The summed E-state index contributed by atoms with van der Waals surface area (Å²) in [6, 6.07) is 7.96. The van der Waals surface area contributed by atoms with Gasteiger partial charge in [0.15, 0.2) is 15.7 Å².